The maximum absolute atomic E-state index is 13.3. The Bertz CT molecular complexity index is 1130. The van der Waals surface area contributed by atoms with Crippen molar-refractivity contribution in [1.82, 2.24) is 0 Å². The number of amides is 2. The summed E-state index contributed by atoms with van der Waals surface area (Å²) >= 11 is 1.50. The van der Waals surface area contributed by atoms with E-state index in [1.807, 2.05) is 6.92 Å². The third kappa shape index (κ3) is 4.41. The summed E-state index contributed by atoms with van der Waals surface area (Å²) in [6.07, 6.45) is 0. The number of ether oxygens (including phenoxy) is 1. The number of thioether (sulfide) groups is 1. The van der Waals surface area contributed by atoms with E-state index in [0.717, 1.165) is 16.8 Å². The number of rotatable bonds is 5. The predicted molar refractivity (Wildman–Crippen MR) is 121 cm³/mol. The van der Waals surface area contributed by atoms with E-state index >= 15 is 0 Å². The van der Waals surface area contributed by atoms with Gasteiger partial charge in [-0.3, -0.25) is 14.5 Å². The largest absolute Gasteiger partial charge is 0.497 e. The summed E-state index contributed by atoms with van der Waals surface area (Å²) in [6, 6.07) is 18.6. The van der Waals surface area contributed by atoms with E-state index < -0.39 is 0 Å². The lowest BCUT2D eigenvalue weighted by Gasteiger charge is -2.26. The maximum atomic E-state index is 13.3. The van der Waals surface area contributed by atoms with Gasteiger partial charge in [0.15, 0.2) is 0 Å². The molecule has 1 fully saturated rings. The molecule has 3 aromatic carbocycles. The molecule has 0 saturated carbocycles. The first-order valence-corrected chi connectivity index (χ1v) is 10.8. The van der Waals surface area contributed by atoms with Crippen LogP contribution in [0.25, 0.3) is 0 Å². The quantitative estimate of drug-likeness (QED) is 0.599. The molecule has 4 rings (SSSR count). The Morgan fingerprint density at radius 1 is 1.13 bits per heavy atom. The van der Waals surface area contributed by atoms with Crippen molar-refractivity contribution in [1.29, 1.82) is 0 Å². The lowest BCUT2D eigenvalue weighted by Crippen LogP contribution is -2.28. The highest BCUT2D eigenvalue weighted by atomic mass is 32.2. The smallest absolute Gasteiger partial charge is 0.255 e. The van der Waals surface area contributed by atoms with Gasteiger partial charge in [-0.1, -0.05) is 18.2 Å². The van der Waals surface area contributed by atoms with Crippen molar-refractivity contribution >= 4 is 35.0 Å². The van der Waals surface area contributed by atoms with Crippen molar-refractivity contribution in [3.8, 4) is 5.75 Å². The van der Waals surface area contributed by atoms with Crippen LogP contribution in [0.3, 0.4) is 0 Å². The number of hydrogen-bond donors (Lipinski definition) is 1. The van der Waals surface area contributed by atoms with Crippen molar-refractivity contribution in [2.45, 2.75) is 12.3 Å². The van der Waals surface area contributed by atoms with Crippen LogP contribution in [0.1, 0.15) is 26.9 Å². The van der Waals surface area contributed by atoms with E-state index in [1.165, 1.54) is 23.9 Å². The van der Waals surface area contributed by atoms with Gasteiger partial charge in [0.25, 0.3) is 5.91 Å². The van der Waals surface area contributed by atoms with Gasteiger partial charge < -0.3 is 10.1 Å². The van der Waals surface area contributed by atoms with E-state index in [4.69, 9.17) is 4.74 Å². The molecule has 1 N–H and O–H groups in total. The molecular weight excluding hydrogens is 415 g/mol. The van der Waals surface area contributed by atoms with E-state index in [1.54, 1.807) is 66.6 Å². The second kappa shape index (κ2) is 8.81. The summed E-state index contributed by atoms with van der Waals surface area (Å²) in [6.45, 7) is 1.87. The molecule has 1 saturated heterocycles. The Morgan fingerprint density at radius 2 is 1.90 bits per heavy atom. The van der Waals surface area contributed by atoms with Crippen LogP contribution in [-0.2, 0) is 4.79 Å². The van der Waals surface area contributed by atoms with Crippen molar-refractivity contribution in [3.63, 3.8) is 0 Å². The summed E-state index contributed by atoms with van der Waals surface area (Å²) in [5.41, 5.74) is 3.52. The molecule has 0 spiro atoms. The van der Waals surface area contributed by atoms with Gasteiger partial charge in [-0.15, -0.1) is 11.8 Å². The standard InChI is InChI=1S/C24H21FN2O3S/c1-15-12-17(23(29)26-19-4-3-5-20(13-19)30-2)8-11-21(15)27-22(28)14-31-24(27)16-6-9-18(25)10-7-16/h3-13,24H,14H2,1-2H3,(H,26,29). The lowest BCUT2D eigenvalue weighted by molar-refractivity contribution is -0.115. The first-order valence-electron chi connectivity index (χ1n) is 9.71. The molecule has 3 aromatic rings. The maximum Gasteiger partial charge on any atom is 0.255 e. The molecule has 0 aromatic heterocycles. The molecule has 7 heteroatoms. The zero-order valence-electron chi connectivity index (χ0n) is 17.1. The number of nitrogens with zero attached hydrogens (tertiary/aromatic N) is 1. The van der Waals surface area contributed by atoms with Crippen LogP contribution in [0.2, 0.25) is 0 Å². The fourth-order valence-electron chi connectivity index (χ4n) is 3.53. The first kappa shape index (κ1) is 20.9. The molecule has 1 aliphatic rings. The van der Waals surface area contributed by atoms with Crippen molar-refractivity contribution < 1.29 is 18.7 Å². The summed E-state index contributed by atoms with van der Waals surface area (Å²) in [4.78, 5) is 27.1. The molecule has 1 heterocycles. The van der Waals surface area contributed by atoms with Crippen LogP contribution < -0.4 is 15.0 Å². The molecule has 0 radical (unpaired) electrons. The molecule has 1 unspecified atom stereocenters. The Kier molecular flexibility index (Phi) is 5.95. The number of carbonyl (C=O) groups is 2. The monoisotopic (exact) mass is 436 g/mol. The lowest BCUT2D eigenvalue weighted by atomic mass is 10.1. The highest BCUT2D eigenvalue weighted by molar-refractivity contribution is 8.00. The van der Waals surface area contributed by atoms with Gasteiger partial charge in [-0.2, -0.15) is 0 Å². The minimum Gasteiger partial charge on any atom is -0.497 e. The fraction of sp³-hybridized carbons (Fsp3) is 0.167. The number of methoxy groups -OCH3 is 1. The number of benzene rings is 3. The van der Waals surface area contributed by atoms with E-state index in [9.17, 15) is 14.0 Å². The molecule has 0 aliphatic carbocycles. The summed E-state index contributed by atoms with van der Waals surface area (Å²) in [5.74, 6) is 0.420. The molecular formula is C24H21FN2O3S. The number of nitrogens with one attached hydrogen (secondary N) is 1. The predicted octanol–water partition coefficient (Wildman–Crippen LogP) is 5.17. The first-order chi connectivity index (χ1) is 15.0. The molecule has 1 aliphatic heterocycles. The van der Waals surface area contributed by atoms with Gasteiger partial charge in [-0.05, 0) is 60.5 Å². The van der Waals surface area contributed by atoms with Crippen molar-refractivity contribution in [2.24, 2.45) is 0 Å². The summed E-state index contributed by atoms with van der Waals surface area (Å²) < 4.78 is 18.5. The fourth-order valence-corrected chi connectivity index (χ4v) is 4.70. The van der Waals surface area contributed by atoms with E-state index in [0.29, 0.717) is 22.8 Å². The van der Waals surface area contributed by atoms with Crippen LogP contribution in [0.15, 0.2) is 66.7 Å². The minimum absolute atomic E-state index is 0.0176. The van der Waals surface area contributed by atoms with E-state index in [2.05, 4.69) is 5.32 Å². The second-order valence-electron chi connectivity index (χ2n) is 7.17. The highest BCUT2D eigenvalue weighted by Crippen LogP contribution is 2.42. The van der Waals surface area contributed by atoms with E-state index in [-0.39, 0.29) is 23.0 Å². The third-order valence-electron chi connectivity index (χ3n) is 5.07. The van der Waals surface area contributed by atoms with Crippen LogP contribution in [0, 0.1) is 12.7 Å². The van der Waals surface area contributed by atoms with Gasteiger partial charge >= 0.3 is 0 Å². The zero-order chi connectivity index (χ0) is 22.0. The second-order valence-corrected chi connectivity index (χ2v) is 8.23. The molecule has 5 nitrogen and oxygen atoms in total. The number of carbonyl (C=O) groups excluding carboxylic acids is 2. The van der Waals surface area contributed by atoms with Gasteiger partial charge in [-0.25, -0.2) is 4.39 Å². The molecule has 2 amide bonds. The van der Waals surface area contributed by atoms with Crippen LogP contribution in [0.4, 0.5) is 15.8 Å². The Hall–Kier alpha value is -3.32. The van der Waals surface area contributed by atoms with Crippen LogP contribution >= 0.6 is 11.8 Å². The number of anilines is 2. The topological polar surface area (TPSA) is 58.6 Å². The Labute approximate surface area is 184 Å². The summed E-state index contributed by atoms with van der Waals surface area (Å²) in [5, 5.41) is 2.63. The van der Waals surface area contributed by atoms with Gasteiger partial charge in [0.2, 0.25) is 5.91 Å². The normalized spacial score (nSPS) is 15.8. The van der Waals surface area contributed by atoms with Crippen molar-refractivity contribution in [2.75, 3.05) is 23.1 Å². The summed E-state index contributed by atoms with van der Waals surface area (Å²) in [7, 11) is 1.57. The number of aryl methyl sites for hydroxylation is 1. The van der Waals surface area contributed by atoms with Crippen LogP contribution in [-0.4, -0.2) is 24.7 Å². The highest BCUT2D eigenvalue weighted by Gasteiger charge is 2.34. The average molecular weight is 437 g/mol. The number of hydrogen-bond acceptors (Lipinski definition) is 4. The molecule has 158 valence electrons. The van der Waals surface area contributed by atoms with Gasteiger partial charge in [0.1, 0.15) is 16.9 Å². The average Bonchev–Trinajstić information content (AvgIpc) is 3.15. The molecule has 0 bridgehead atoms. The molecule has 1 atom stereocenters. The van der Waals surface area contributed by atoms with Gasteiger partial charge in [0.05, 0.1) is 12.9 Å². The minimum atomic E-state index is -0.313. The Morgan fingerprint density at radius 3 is 2.61 bits per heavy atom. The SMILES string of the molecule is COc1cccc(NC(=O)c2ccc(N3C(=O)CSC3c3ccc(F)cc3)c(C)c2)c1. The van der Waals surface area contributed by atoms with Gasteiger partial charge in [0, 0.05) is 23.0 Å². The number of halogens is 1. The Balaban J connectivity index is 1.58. The third-order valence-corrected chi connectivity index (χ3v) is 6.28. The van der Waals surface area contributed by atoms with Crippen LogP contribution in [0.5, 0.6) is 5.75 Å². The van der Waals surface area contributed by atoms with Crippen molar-refractivity contribution in [3.05, 3.63) is 89.2 Å². The molecule has 31 heavy (non-hydrogen) atoms. The zero-order valence-corrected chi connectivity index (χ0v) is 17.9.